The fourth-order valence-corrected chi connectivity index (χ4v) is 4.72. The molecule has 0 nitrogen and oxygen atoms in total. The van der Waals surface area contributed by atoms with Crippen molar-refractivity contribution in [3.8, 4) is 0 Å². The van der Waals surface area contributed by atoms with Crippen LogP contribution in [0.1, 0.15) is 118 Å². The van der Waals surface area contributed by atoms with E-state index in [9.17, 15) is 0 Å². The molecule has 2 unspecified atom stereocenters. The molecule has 1 saturated carbocycles. The normalized spacial score (nSPS) is 30.0. The summed E-state index contributed by atoms with van der Waals surface area (Å²) in [6, 6.07) is 0. The number of hydrogen-bond donors (Lipinski definition) is 0. The van der Waals surface area contributed by atoms with E-state index in [0.29, 0.717) is 0 Å². The van der Waals surface area contributed by atoms with E-state index < -0.39 is 0 Å². The zero-order chi connectivity index (χ0) is 16.2. The molecule has 0 heterocycles. The number of hydrogen-bond acceptors (Lipinski definition) is 0. The molecule has 0 amide bonds. The summed E-state index contributed by atoms with van der Waals surface area (Å²) in [5, 5.41) is 0. The summed E-state index contributed by atoms with van der Waals surface area (Å²) < 4.78 is 0. The maximum Gasteiger partial charge on any atom is -0.0409 e. The van der Waals surface area contributed by atoms with Crippen LogP contribution in [-0.4, -0.2) is 0 Å². The molecule has 0 saturated heterocycles. The van der Waals surface area contributed by atoms with Crippen LogP contribution < -0.4 is 0 Å². The van der Waals surface area contributed by atoms with Gasteiger partial charge in [-0.3, -0.25) is 0 Å². The first-order valence-corrected chi connectivity index (χ1v) is 10.7. The van der Waals surface area contributed by atoms with Crippen LogP contribution in [0.25, 0.3) is 0 Å². The molecule has 0 radical (unpaired) electrons. The summed E-state index contributed by atoms with van der Waals surface area (Å²) in [7, 11) is 0. The van der Waals surface area contributed by atoms with Crippen LogP contribution >= 0.6 is 0 Å². The van der Waals surface area contributed by atoms with Gasteiger partial charge in [-0.05, 0) is 49.4 Å². The monoisotopic (exact) mass is 308 g/mol. The largest absolute Gasteiger partial charge is 0.0654 e. The van der Waals surface area contributed by atoms with Gasteiger partial charge in [0.25, 0.3) is 0 Å². The molecule has 0 bridgehead atoms. The summed E-state index contributed by atoms with van der Waals surface area (Å²) in [5.41, 5.74) is 0. The van der Waals surface area contributed by atoms with Gasteiger partial charge in [-0.15, -0.1) is 0 Å². The summed E-state index contributed by atoms with van der Waals surface area (Å²) in [6.45, 7) is 9.59. The molecule has 1 aliphatic rings. The molecule has 0 spiro atoms. The van der Waals surface area contributed by atoms with Gasteiger partial charge in [0.15, 0.2) is 0 Å². The zero-order valence-corrected chi connectivity index (χ0v) is 16.2. The summed E-state index contributed by atoms with van der Waals surface area (Å²) in [4.78, 5) is 0. The maximum absolute atomic E-state index is 2.43. The first-order valence-electron chi connectivity index (χ1n) is 10.7. The average molecular weight is 309 g/mol. The predicted molar refractivity (Wildman–Crippen MR) is 101 cm³/mol. The van der Waals surface area contributed by atoms with Crippen LogP contribution in [0.3, 0.4) is 0 Å². The van der Waals surface area contributed by atoms with Crippen LogP contribution in [0.2, 0.25) is 0 Å². The van der Waals surface area contributed by atoms with Crippen LogP contribution in [-0.2, 0) is 0 Å². The zero-order valence-electron chi connectivity index (χ0n) is 16.2. The Kier molecular flexibility index (Phi) is 11.3. The minimum absolute atomic E-state index is 1.02. The molecule has 0 heteroatoms. The van der Waals surface area contributed by atoms with E-state index in [1.807, 2.05) is 0 Å². The van der Waals surface area contributed by atoms with Gasteiger partial charge in [-0.25, -0.2) is 0 Å². The molecule has 0 aliphatic heterocycles. The third-order valence-corrected chi connectivity index (χ3v) is 6.36. The van der Waals surface area contributed by atoms with E-state index in [1.165, 1.54) is 77.0 Å². The Morgan fingerprint density at radius 3 is 1.36 bits per heavy atom. The van der Waals surface area contributed by atoms with E-state index in [0.717, 1.165) is 23.7 Å². The molecule has 0 aromatic carbocycles. The lowest BCUT2D eigenvalue weighted by Gasteiger charge is -2.34. The van der Waals surface area contributed by atoms with Gasteiger partial charge in [0.1, 0.15) is 0 Å². The van der Waals surface area contributed by atoms with E-state index in [1.54, 1.807) is 12.8 Å². The van der Waals surface area contributed by atoms with Crippen molar-refractivity contribution in [2.75, 3.05) is 0 Å². The molecular weight excluding hydrogens is 264 g/mol. The van der Waals surface area contributed by atoms with Gasteiger partial charge in [-0.2, -0.15) is 0 Å². The van der Waals surface area contributed by atoms with Crippen molar-refractivity contribution in [2.45, 2.75) is 118 Å². The van der Waals surface area contributed by atoms with E-state index >= 15 is 0 Å². The Hall–Kier alpha value is 0. The topological polar surface area (TPSA) is 0 Å². The molecule has 0 N–H and O–H groups in total. The van der Waals surface area contributed by atoms with Gasteiger partial charge in [0.2, 0.25) is 0 Å². The lowest BCUT2D eigenvalue weighted by atomic mass is 9.72. The van der Waals surface area contributed by atoms with Gasteiger partial charge in [-0.1, -0.05) is 91.9 Å². The second kappa shape index (κ2) is 12.4. The third-order valence-electron chi connectivity index (χ3n) is 6.36. The molecular formula is C22H44. The summed E-state index contributed by atoms with van der Waals surface area (Å²) >= 11 is 0. The van der Waals surface area contributed by atoms with Gasteiger partial charge < -0.3 is 0 Å². The summed E-state index contributed by atoms with van der Waals surface area (Å²) in [6.07, 6.45) is 20.6. The quantitative estimate of drug-likeness (QED) is 0.358. The van der Waals surface area contributed by atoms with Gasteiger partial charge in [0.05, 0.1) is 0 Å². The van der Waals surface area contributed by atoms with Crippen molar-refractivity contribution in [1.29, 1.82) is 0 Å². The molecule has 2 atom stereocenters. The molecule has 22 heavy (non-hydrogen) atoms. The lowest BCUT2D eigenvalue weighted by Crippen LogP contribution is -2.22. The van der Waals surface area contributed by atoms with Crippen molar-refractivity contribution in [2.24, 2.45) is 23.7 Å². The van der Waals surface area contributed by atoms with E-state index in [2.05, 4.69) is 27.7 Å². The van der Waals surface area contributed by atoms with Crippen molar-refractivity contribution in [3.63, 3.8) is 0 Å². The minimum Gasteiger partial charge on any atom is -0.0654 e. The molecule has 0 aromatic heterocycles. The third kappa shape index (κ3) is 8.02. The van der Waals surface area contributed by atoms with E-state index in [4.69, 9.17) is 0 Å². The highest BCUT2D eigenvalue weighted by molar-refractivity contribution is 4.78. The Morgan fingerprint density at radius 1 is 0.500 bits per heavy atom. The number of unbranched alkanes of at least 4 members (excludes halogenated alkanes) is 5. The van der Waals surface area contributed by atoms with Crippen LogP contribution in [0, 0.1) is 23.7 Å². The number of rotatable bonds is 10. The fraction of sp³-hybridized carbons (Fsp3) is 1.00. The SMILES string of the molecule is CCCCCCCCC1CC(CC)CC(CC)CC(CC)C1. The predicted octanol–water partition coefficient (Wildman–Crippen LogP) is 8.01. The minimum atomic E-state index is 1.02. The maximum atomic E-state index is 2.43. The molecule has 1 fully saturated rings. The van der Waals surface area contributed by atoms with Crippen molar-refractivity contribution >= 4 is 0 Å². The molecule has 1 aliphatic carbocycles. The standard InChI is InChI=1S/C22H44/c1-5-9-10-11-12-13-14-22-17-20(7-3)15-19(6-2)16-21(8-4)18-22/h19-22H,5-18H2,1-4H3. The van der Waals surface area contributed by atoms with Crippen molar-refractivity contribution in [3.05, 3.63) is 0 Å². The summed E-state index contributed by atoms with van der Waals surface area (Å²) in [5.74, 6) is 4.10. The van der Waals surface area contributed by atoms with Crippen molar-refractivity contribution < 1.29 is 0 Å². The first kappa shape index (κ1) is 20.0. The van der Waals surface area contributed by atoms with Crippen LogP contribution in [0.4, 0.5) is 0 Å². The Balaban J connectivity index is 2.39. The Labute approximate surface area is 141 Å². The highest BCUT2D eigenvalue weighted by Gasteiger charge is 2.26. The first-order chi connectivity index (χ1) is 10.7. The van der Waals surface area contributed by atoms with Gasteiger partial charge >= 0.3 is 0 Å². The lowest BCUT2D eigenvalue weighted by molar-refractivity contribution is 0.177. The van der Waals surface area contributed by atoms with Gasteiger partial charge in [0, 0.05) is 0 Å². The second-order valence-electron chi connectivity index (χ2n) is 8.19. The Morgan fingerprint density at radius 2 is 0.909 bits per heavy atom. The van der Waals surface area contributed by atoms with Crippen LogP contribution in [0.5, 0.6) is 0 Å². The molecule has 132 valence electrons. The highest BCUT2D eigenvalue weighted by Crippen LogP contribution is 2.38. The average Bonchev–Trinajstić information content (AvgIpc) is 2.52. The van der Waals surface area contributed by atoms with Crippen LogP contribution in [0.15, 0.2) is 0 Å². The highest BCUT2D eigenvalue weighted by atomic mass is 14.3. The Bertz CT molecular complexity index is 228. The van der Waals surface area contributed by atoms with Crippen molar-refractivity contribution in [1.82, 2.24) is 0 Å². The van der Waals surface area contributed by atoms with E-state index in [-0.39, 0.29) is 0 Å². The second-order valence-corrected chi connectivity index (χ2v) is 8.19. The molecule has 0 aromatic rings. The smallest absolute Gasteiger partial charge is 0.0409 e. The molecule has 1 rings (SSSR count). The fourth-order valence-electron chi connectivity index (χ4n) is 4.72.